The SMILES string of the molecule is FC/C=C/CC1C=Cc2ccc[c]c21. The Morgan fingerprint density at radius 1 is 1.43 bits per heavy atom. The van der Waals surface area contributed by atoms with Gasteiger partial charge in [-0.15, -0.1) is 0 Å². The third kappa shape index (κ3) is 1.77. The van der Waals surface area contributed by atoms with Crippen LogP contribution in [0, 0.1) is 6.07 Å². The molecule has 0 amide bonds. The highest BCUT2D eigenvalue weighted by atomic mass is 19.1. The van der Waals surface area contributed by atoms with Crippen molar-refractivity contribution < 1.29 is 4.39 Å². The van der Waals surface area contributed by atoms with E-state index in [0.717, 1.165) is 6.42 Å². The van der Waals surface area contributed by atoms with Gasteiger partial charge in [-0.2, -0.15) is 0 Å². The predicted molar refractivity (Wildman–Crippen MR) is 56.8 cm³/mol. The van der Waals surface area contributed by atoms with E-state index >= 15 is 0 Å². The first-order chi connectivity index (χ1) is 6.92. The third-order valence-corrected chi connectivity index (χ3v) is 2.45. The van der Waals surface area contributed by atoms with Crippen molar-refractivity contribution in [2.75, 3.05) is 6.67 Å². The molecule has 0 saturated carbocycles. The van der Waals surface area contributed by atoms with E-state index in [0.29, 0.717) is 5.92 Å². The average molecular weight is 187 g/mol. The van der Waals surface area contributed by atoms with Crippen LogP contribution < -0.4 is 0 Å². The van der Waals surface area contributed by atoms with Crippen LogP contribution in [-0.4, -0.2) is 6.67 Å². The maximum Gasteiger partial charge on any atom is 0.108 e. The van der Waals surface area contributed by atoms with Crippen molar-refractivity contribution in [3.63, 3.8) is 0 Å². The molecular formula is C13H12F. The first-order valence-electron chi connectivity index (χ1n) is 4.81. The van der Waals surface area contributed by atoms with Crippen molar-refractivity contribution >= 4 is 6.08 Å². The summed E-state index contributed by atoms with van der Waals surface area (Å²) in [7, 11) is 0. The Balaban J connectivity index is 2.11. The minimum Gasteiger partial charge on any atom is -0.247 e. The monoisotopic (exact) mass is 187 g/mol. The van der Waals surface area contributed by atoms with Crippen LogP contribution in [0.3, 0.4) is 0 Å². The van der Waals surface area contributed by atoms with Gasteiger partial charge in [-0.3, -0.25) is 0 Å². The van der Waals surface area contributed by atoms with E-state index in [1.165, 1.54) is 11.1 Å². The Kier molecular flexibility index (Phi) is 2.78. The number of halogens is 1. The maximum atomic E-state index is 11.9. The Morgan fingerprint density at radius 2 is 2.36 bits per heavy atom. The summed E-state index contributed by atoms with van der Waals surface area (Å²) in [6.45, 7) is -0.373. The molecule has 1 aromatic rings. The number of rotatable bonds is 3. The number of allylic oxidation sites excluding steroid dienone is 3. The first kappa shape index (κ1) is 9.20. The summed E-state index contributed by atoms with van der Waals surface area (Å²) in [4.78, 5) is 0. The average Bonchev–Trinajstić information content (AvgIpc) is 2.63. The third-order valence-electron chi connectivity index (χ3n) is 2.45. The van der Waals surface area contributed by atoms with Gasteiger partial charge in [-0.25, -0.2) is 4.39 Å². The highest BCUT2D eigenvalue weighted by Gasteiger charge is 2.14. The summed E-state index contributed by atoms with van der Waals surface area (Å²) in [5, 5.41) is 0. The van der Waals surface area contributed by atoms with Crippen LogP contribution in [0.4, 0.5) is 4.39 Å². The molecule has 1 unspecified atom stereocenters. The van der Waals surface area contributed by atoms with Gasteiger partial charge in [0, 0.05) is 5.92 Å². The zero-order valence-corrected chi connectivity index (χ0v) is 7.91. The van der Waals surface area contributed by atoms with Crippen LogP contribution in [0.2, 0.25) is 0 Å². The van der Waals surface area contributed by atoms with Gasteiger partial charge in [0.1, 0.15) is 6.67 Å². The van der Waals surface area contributed by atoms with E-state index < -0.39 is 0 Å². The van der Waals surface area contributed by atoms with Crippen molar-refractivity contribution in [1.29, 1.82) is 0 Å². The Hall–Kier alpha value is -1.37. The lowest BCUT2D eigenvalue weighted by Gasteiger charge is -2.06. The van der Waals surface area contributed by atoms with Crippen molar-refractivity contribution in [2.45, 2.75) is 12.3 Å². The molecule has 2 rings (SSSR count). The fourth-order valence-corrected chi connectivity index (χ4v) is 1.75. The van der Waals surface area contributed by atoms with E-state index in [1.54, 1.807) is 6.08 Å². The highest BCUT2D eigenvalue weighted by molar-refractivity contribution is 5.61. The second-order valence-corrected chi connectivity index (χ2v) is 3.37. The molecule has 1 atom stereocenters. The molecule has 0 spiro atoms. The fraction of sp³-hybridized carbons (Fsp3) is 0.231. The summed E-state index contributed by atoms with van der Waals surface area (Å²) >= 11 is 0. The van der Waals surface area contributed by atoms with Crippen LogP contribution in [0.1, 0.15) is 23.5 Å². The highest BCUT2D eigenvalue weighted by Crippen LogP contribution is 2.31. The Labute approximate surface area is 83.8 Å². The van der Waals surface area contributed by atoms with Gasteiger partial charge in [0.15, 0.2) is 0 Å². The largest absolute Gasteiger partial charge is 0.247 e. The zero-order valence-electron chi connectivity index (χ0n) is 7.91. The molecule has 14 heavy (non-hydrogen) atoms. The molecule has 1 aromatic carbocycles. The number of alkyl halides is 1. The summed E-state index contributed by atoms with van der Waals surface area (Å²) in [6.07, 6.45) is 8.59. The quantitative estimate of drug-likeness (QED) is 0.635. The molecule has 0 aromatic heterocycles. The fourth-order valence-electron chi connectivity index (χ4n) is 1.75. The number of hydrogen-bond donors (Lipinski definition) is 0. The van der Waals surface area contributed by atoms with Crippen LogP contribution in [0.5, 0.6) is 0 Å². The van der Waals surface area contributed by atoms with E-state index in [-0.39, 0.29) is 6.67 Å². The molecule has 1 heteroatoms. The van der Waals surface area contributed by atoms with Crippen LogP contribution in [0.15, 0.2) is 36.4 Å². The van der Waals surface area contributed by atoms with Crippen molar-refractivity contribution in [3.05, 3.63) is 53.6 Å². The molecule has 0 nitrogen and oxygen atoms in total. The van der Waals surface area contributed by atoms with Gasteiger partial charge in [-0.1, -0.05) is 42.5 Å². The predicted octanol–water partition coefficient (Wildman–Crippen LogP) is 3.51. The topological polar surface area (TPSA) is 0 Å². The lowest BCUT2D eigenvalue weighted by atomic mass is 9.97. The Morgan fingerprint density at radius 3 is 3.21 bits per heavy atom. The second kappa shape index (κ2) is 4.23. The molecule has 0 N–H and O–H groups in total. The van der Waals surface area contributed by atoms with Gasteiger partial charge in [-0.05, 0) is 23.6 Å². The summed E-state index contributed by atoms with van der Waals surface area (Å²) in [6, 6.07) is 9.24. The van der Waals surface area contributed by atoms with Crippen molar-refractivity contribution in [1.82, 2.24) is 0 Å². The van der Waals surface area contributed by atoms with E-state index in [4.69, 9.17) is 0 Å². The van der Waals surface area contributed by atoms with Gasteiger partial charge < -0.3 is 0 Å². The van der Waals surface area contributed by atoms with E-state index in [9.17, 15) is 4.39 Å². The van der Waals surface area contributed by atoms with Crippen molar-refractivity contribution in [2.24, 2.45) is 0 Å². The summed E-state index contributed by atoms with van der Waals surface area (Å²) < 4.78 is 11.9. The minimum atomic E-state index is -0.373. The molecular weight excluding hydrogens is 175 g/mol. The minimum absolute atomic E-state index is 0.373. The summed E-state index contributed by atoms with van der Waals surface area (Å²) in [5.74, 6) is 0.383. The lowest BCUT2D eigenvalue weighted by Crippen LogP contribution is -1.91. The molecule has 1 radical (unpaired) electrons. The van der Waals surface area contributed by atoms with Crippen molar-refractivity contribution in [3.8, 4) is 0 Å². The van der Waals surface area contributed by atoms with Crippen LogP contribution in [-0.2, 0) is 0 Å². The van der Waals surface area contributed by atoms with Crippen LogP contribution >= 0.6 is 0 Å². The maximum absolute atomic E-state index is 11.9. The first-order valence-corrected chi connectivity index (χ1v) is 4.81. The van der Waals surface area contributed by atoms with Gasteiger partial charge >= 0.3 is 0 Å². The molecule has 1 aliphatic rings. The Bertz CT molecular complexity index is 363. The van der Waals surface area contributed by atoms with Gasteiger partial charge in [0.25, 0.3) is 0 Å². The van der Waals surface area contributed by atoms with E-state index in [2.05, 4.69) is 24.3 Å². The van der Waals surface area contributed by atoms with Gasteiger partial charge in [0.2, 0.25) is 0 Å². The normalized spacial score (nSPS) is 19.1. The second-order valence-electron chi connectivity index (χ2n) is 3.37. The standard InChI is InChI=1S/C13H12F/c14-10-4-3-6-12-9-8-11-5-1-2-7-13(11)12/h1-5,8-9,12H,6,10H2/b4-3+. The zero-order chi connectivity index (χ0) is 9.80. The molecule has 0 heterocycles. The molecule has 71 valence electrons. The summed E-state index contributed by atoms with van der Waals surface area (Å²) in [5.41, 5.74) is 2.47. The van der Waals surface area contributed by atoms with Gasteiger partial charge in [0.05, 0.1) is 0 Å². The number of benzene rings is 1. The van der Waals surface area contributed by atoms with E-state index in [1.807, 2.05) is 18.2 Å². The number of hydrogen-bond acceptors (Lipinski definition) is 0. The molecule has 1 aliphatic carbocycles. The lowest BCUT2D eigenvalue weighted by molar-refractivity contribution is 0.560. The molecule has 0 saturated heterocycles. The molecule has 0 bridgehead atoms. The molecule has 0 fully saturated rings. The number of fused-ring (bicyclic) bond motifs is 1. The van der Waals surface area contributed by atoms with Crippen LogP contribution in [0.25, 0.3) is 6.08 Å². The smallest absolute Gasteiger partial charge is 0.108 e. The molecule has 0 aliphatic heterocycles.